The van der Waals surface area contributed by atoms with Gasteiger partial charge in [0.1, 0.15) is 0 Å². The van der Waals surface area contributed by atoms with E-state index < -0.39 is 0 Å². The lowest BCUT2D eigenvalue weighted by molar-refractivity contribution is 0.290. The molecule has 4 atom stereocenters. The topological polar surface area (TPSA) is 0 Å². The molecule has 0 saturated carbocycles. The number of hydrogen-bond donors (Lipinski definition) is 0. The third-order valence-electron chi connectivity index (χ3n) is 15.2. The molecule has 0 amide bonds. The van der Waals surface area contributed by atoms with Crippen molar-refractivity contribution in [3.05, 3.63) is 142 Å². The molecule has 0 N–H and O–H groups in total. The zero-order valence-corrected chi connectivity index (χ0v) is 45.5. The van der Waals surface area contributed by atoms with Gasteiger partial charge in [-0.05, 0) is 164 Å². The lowest BCUT2D eigenvalue weighted by Crippen LogP contribution is -2.19. The standard InChI is InChI=1S/C65H104/c1-17-18-21-37-57(9)61(40-25-20-23-31-53(5)48-55(7)35-27-33-51(3)42-44-63-59(11)39-29-46-65(63,15)16)49-60(12)56(8)36-24-19-22-30-52(4)47-54(6)34-26-32-50(2)41-43-62-58(10)38-28-45-64(62,13)14/h26-27,32-35,41-44,47-48,53,56-57,61H,4,12,17-25,28-31,36-40,45-46,49H2,1-3,5-11,13-16H3/b34-26+,35-27+,43-41+,44-42+,50-32+,51-33+,54-47+,55-48+. The van der Waals surface area contributed by atoms with Gasteiger partial charge in [-0.3, -0.25) is 0 Å². The van der Waals surface area contributed by atoms with Crippen molar-refractivity contribution >= 4 is 0 Å². The maximum absolute atomic E-state index is 4.71. The van der Waals surface area contributed by atoms with Crippen molar-refractivity contribution in [1.82, 2.24) is 0 Å². The Morgan fingerprint density at radius 2 is 1.11 bits per heavy atom. The first-order chi connectivity index (χ1) is 30.7. The summed E-state index contributed by atoms with van der Waals surface area (Å²) >= 11 is 0. The predicted octanol–water partition coefficient (Wildman–Crippen LogP) is 21.6. The van der Waals surface area contributed by atoms with Crippen molar-refractivity contribution in [1.29, 1.82) is 0 Å². The Labute approximate surface area is 406 Å². The van der Waals surface area contributed by atoms with E-state index >= 15 is 0 Å². The fraction of sp³-hybridized carbons (Fsp3) is 0.631. The van der Waals surface area contributed by atoms with Crippen LogP contribution in [0.5, 0.6) is 0 Å². The van der Waals surface area contributed by atoms with E-state index in [2.05, 4.69) is 176 Å². The third-order valence-corrected chi connectivity index (χ3v) is 15.2. The first-order valence-electron chi connectivity index (χ1n) is 26.9. The second-order valence-corrected chi connectivity index (χ2v) is 22.7. The fourth-order valence-corrected chi connectivity index (χ4v) is 10.6. The second-order valence-electron chi connectivity index (χ2n) is 22.7. The smallest absolute Gasteiger partial charge is 0.0104 e. The van der Waals surface area contributed by atoms with Crippen molar-refractivity contribution < 1.29 is 0 Å². The maximum atomic E-state index is 4.71. The van der Waals surface area contributed by atoms with E-state index in [1.54, 1.807) is 11.1 Å². The molecule has 0 spiro atoms. The highest BCUT2D eigenvalue weighted by Crippen LogP contribution is 2.42. The molecule has 2 rings (SSSR count). The molecule has 65 heavy (non-hydrogen) atoms. The van der Waals surface area contributed by atoms with Crippen LogP contribution in [0.3, 0.4) is 0 Å². The second kappa shape index (κ2) is 31.0. The summed E-state index contributed by atoms with van der Waals surface area (Å²) in [7, 11) is 0. The SMILES string of the molecule is C=C(/C=C(C)/C=C/C=C(C)/C=C/C1=C(C)CCCC1(C)C)CCCCCC(C)C(=C)CC(CCCCCC(C)/C=C(C)/C=C/C=C(C)/C=C/C1=C(C)CCCC1(C)C)C(C)CCCCC. The quantitative estimate of drug-likeness (QED) is 0.0383. The zero-order valence-electron chi connectivity index (χ0n) is 45.5. The average molecular weight is 886 g/mol. The summed E-state index contributed by atoms with van der Waals surface area (Å²) in [6.45, 7) is 41.9. The number of hydrogen-bond acceptors (Lipinski definition) is 0. The van der Waals surface area contributed by atoms with Crippen molar-refractivity contribution in [3.63, 3.8) is 0 Å². The van der Waals surface area contributed by atoms with E-state index in [4.69, 9.17) is 6.58 Å². The van der Waals surface area contributed by atoms with Gasteiger partial charge in [0.25, 0.3) is 0 Å². The Kier molecular flexibility index (Phi) is 27.7. The van der Waals surface area contributed by atoms with Crippen molar-refractivity contribution in [3.8, 4) is 0 Å². The Morgan fingerprint density at radius 1 is 0.600 bits per heavy atom. The Balaban J connectivity index is 1.76. The summed E-state index contributed by atoms with van der Waals surface area (Å²) in [5, 5.41) is 0. The number of rotatable bonds is 30. The van der Waals surface area contributed by atoms with Gasteiger partial charge in [0.2, 0.25) is 0 Å². The predicted molar refractivity (Wildman–Crippen MR) is 296 cm³/mol. The lowest BCUT2D eigenvalue weighted by atomic mass is 9.72. The van der Waals surface area contributed by atoms with Crippen LogP contribution in [0.4, 0.5) is 0 Å². The van der Waals surface area contributed by atoms with Crippen LogP contribution in [0.15, 0.2) is 142 Å². The average Bonchev–Trinajstić information content (AvgIpc) is 3.22. The molecular formula is C65H104. The molecule has 364 valence electrons. The van der Waals surface area contributed by atoms with Crippen LogP contribution < -0.4 is 0 Å². The minimum atomic E-state index is 0.286. The van der Waals surface area contributed by atoms with Gasteiger partial charge in [0.15, 0.2) is 0 Å². The highest BCUT2D eigenvalue weighted by atomic mass is 14.3. The molecule has 0 fully saturated rings. The fourth-order valence-electron chi connectivity index (χ4n) is 10.6. The van der Waals surface area contributed by atoms with Crippen LogP contribution in [0.25, 0.3) is 0 Å². The zero-order chi connectivity index (χ0) is 48.4. The van der Waals surface area contributed by atoms with E-state index in [1.165, 1.54) is 173 Å². The van der Waals surface area contributed by atoms with E-state index in [0.29, 0.717) is 17.3 Å². The van der Waals surface area contributed by atoms with E-state index in [-0.39, 0.29) is 5.41 Å². The van der Waals surface area contributed by atoms with E-state index in [1.807, 2.05) is 0 Å². The molecule has 0 nitrogen and oxygen atoms in total. The molecule has 0 aliphatic heterocycles. The van der Waals surface area contributed by atoms with Crippen LogP contribution in [0.1, 0.15) is 232 Å². The largest absolute Gasteiger partial charge is 0.0996 e. The normalized spacial score (nSPS) is 19.9. The molecule has 0 aromatic carbocycles. The third kappa shape index (κ3) is 23.9. The van der Waals surface area contributed by atoms with E-state index in [9.17, 15) is 0 Å². The summed E-state index contributed by atoms with van der Waals surface area (Å²) in [6.07, 6.45) is 54.6. The van der Waals surface area contributed by atoms with Crippen molar-refractivity contribution in [2.24, 2.45) is 34.5 Å². The summed E-state index contributed by atoms with van der Waals surface area (Å²) in [6, 6.07) is 0. The minimum Gasteiger partial charge on any atom is -0.0996 e. The summed E-state index contributed by atoms with van der Waals surface area (Å²) < 4.78 is 0. The molecule has 4 unspecified atom stereocenters. The van der Waals surface area contributed by atoms with Crippen LogP contribution in [-0.4, -0.2) is 0 Å². The van der Waals surface area contributed by atoms with Gasteiger partial charge in [-0.25, -0.2) is 0 Å². The molecular weight excluding hydrogens is 781 g/mol. The van der Waals surface area contributed by atoms with Crippen LogP contribution >= 0.6 is 0 Å². The van der Waals surface area contributed by atoms with Gasteiger partial charge in [-0.2, -0.15) is 0 Å². The number of unbranched alkanes of at least 4 members (excludes halogenated alkanes) is 6. The van der Waals surface area contributed by atoms with Crippen LogP contribution in [0.2, 0.25) is 0 Å². The molecule has 0 saturated heterocycles. The Morgan fingerprint density at radius 3 is 1.66 bits per heavy atom. The molecule has 0 bridgehead atoms. The Hall–Kier alpha value is -3.12. The summed E-state index contributed by atoms with van der Waals surface area (Å²) in [5.41, 5.74) is 14.8. The molecule has 0 aromatic rings. The van der Waals surface area contributed by atoms with Gasteiger partial charge in [-0.15, -0.1) is 0 Å². The lowest BCUT2D eigenvalue weighted by Gasteiger charge is -2.33. The maximum Gasteiger partial charge on any atom is -0.0104 e. The van der Waals surface area contributed by atoms with E-state index in [0.717, 1.165) is 18.3 Å². The molecule has 0 aromatic heterocycles. The Bertz CT molecular complexity index is 1770. The van der Waals surface area contributed by atoms with Crippen LogP contribution in [0, 0.1) is 34.5 Å². The highest BCUT2D eigenvalue weighted by molar-refractivity contribution is 5.39. The first kappa shape index (κ1) is 58.0. The van der Waals surface area contributed by atoms with Crippen molar-refractivity contribution in [2.75, 3.05) is 0 Å². The van der Waals surface area contributed by atoms with Gasteiger partial charge >= 0.3 is 0 Å². The molecule has 0 heterocycles. The summed E-state index contributed by atoms with van der Waals surface area (Å²) in [5.74, 6) is 2.77. The van der Waals surface area contributed by atoms with Gasteiger partial charge < -0.3 is 0 Å². The first-order valence-corrected chi connectivity index (χ1v) is 26.9. The van der Waals surface area contributed by atoms with Gasteiger partial charge in [-0.1, -0.05) is 244 Å². The molecule has 0 heteroatoms. The molecule has 2 aliphatic rings. The van der Waals surface area contributed by atoms with Gasteiger partial charge in [0, 0.05) is 0 Å². The monoisotopic (exact) mass is 885 g/mol. The van der Waals surface area contributed by atoms with Gasteiger partial charge in [0.05, 0.1) is 0 Å². The highest BCUT2D eigenvalue weighted by Gasteiger charge is 2.27. The summed E-state index contributed by atoms with van der Waals surface area (Å²) in [4.78, 5) is 0. The minimum absolute atomic E-state index is 0.286. The van der Waals surface area contributed by atoms with Crippen LogP contribution in [-0.2, 0) is 0 Å². The molecule has 2 aliphatic carbocycles. The molecule has 0 radical (unpaired) electrons. The van der Waals surface area contributed by atoms with Crippen molar-refractivity contribution in [2.45, 2.75) is 232 Å². The number of allylic oxidation sites excluding steroid dienone is 22.